The van der Waals surface area contributed by atoms with Crippen molar-refractivity contribution in [2.24, 2.45) is 0 Å². The van der Waals surface area contributed by atoms with Gasteiger partial charge in [0.1, 0.15) is 10.8 Å². The predicted molar refractivity (Wildman–Crippen MR) is 117 cm³/mol. The van der Waals surface area contributed by atoms with Crippen LogP contribution in [0, 0.1) is 6.92 Å². The summed E-state index contributed by atoms with van der Waals surface area (Å²) in [5.74, 6) is 0.409. The Morgan fingerprint density at radius 3 is 2.47 bits per heavy atom. The van der Waals surface area contributed by atoms with Crippen LogP contribution in [0.4, 0.5) is 5.69 Å². The van der Waals surface area contributed by atoms with Crippen molar-refractivity contribution in [2.45, 2.75) is 32.7 Å². The van der Waals surface area contributed by atoms with E-state index in [0.717, 1.165) is 10.6 Å². The second-order valence-corrected chi connectivity index (χ2v) is 7.86. The number of rotatable bonds is 9. The van der Waals surface area contributed by atoms with Gasteiger partial charge in [0.05, 0.1) is 7.11 Å². The molecule has 0 unspecified atom stereocenters. The molecule has 0 atom stereocenters. The van der Waals surface area contributed by atoms with Crippen molar-refractivity contribution in [1.29, 1.82) is 0 Å². The molecule has 1 aromatic heterocycles. The Labute approximate surface area is 179 Å². The molecule has 3 aromatic rings. The van der Waals surface area contributed by atoms with Crippen LogP contribution in [0.5, 0.6) is 5.75 Å². The second kappa shape index (κ2) is 10.5. The highest BCUT2D eigenvalue weighted by Crippen LogP contribution is 2.18. The number of nitrogens with one attached hydrogen (secondary N) is 2. The maximum Gasteiger partial charge on any atom is 0.286 e. The zero-order chi connectivity index (χ0) is 21.3. The Hall–Kier alpha value is -3.26. The zero-order valence-electron chi connectivity index (χ0n) is 17.0. The zero-order valence-corrected chi connectivity index (χ0v) is 17.8. The van der Waals surface area contributed by atoms with Gasteiger partial charge in [0.2, 0.25) is 10.9 Å². The standard InChI is InChI=1S/C22H24N4O3S/c1-15-6-8-16(9-7-15)14-23-19(27)4-3-5-20-25-26-22(30-20)21(28)24-17-10-12-18(29-2)13-11-17/h6-13H,3-5,14H2,1-2H3,(H,23,27)(H,24,28). The first-order valence-corrected chi connectivity index (χ1v) is 10.4. The van der Waals surface area contributed by atoms with Gasteiger partial charge < -0.3 is 15.4 Å². The highest BCUT2D eigenvalue weighted by molar-refractivity contribution is 7.13. The number of anilines is 1. The quantitative estimate of drug-likeness (QED) is 0.546. The van der Waals surface area contributed by atoms with Crippen molar-refractivity contribution in [1.82, 2.24) is 15.5 Å². The Bertz CT molecular complexity index is 984. The molecule has 1 heterocycles. The average molecular weight is 425 g/mol. The summed E-state index contributed by atoms with van der Waals surface area (Å²) in [7, 11) is 1.59. The van der Waals surface area contributed by atoms with Crippen LogP contribution in [0.1, 0.15) is 38.8 Å². The fourth-order valence-electron chi connectivity index (χ4n) is 2.70. The number of hydrogen-bond donors (Lipinski definition) is 2. The van der Waals surface area contributed by atoms with Gasteiger partial charge in [-0.25, -0.2) is 0 Å². The molecule has 0 saturated carbocycles. The summed E-state index contributed by atoms with van der Waals surface area (Å²) < 4.78 is 5.10. The lowest BCUT2D eigenvalue weighted by Gasteiger charge is -2.05. The molecule has 0 aliphatic heterocycles. The van der Waals surface area contributed by atoms with Gasteiger partial charge in [-0.1, -0.05) is 41.2 Å². The average Bonchev–Trinajstić information content (AvgIpc) is 3.23. The van der Waals surface area contributed by atoms with E-state index in [1.54, 1.807) is 31.4 Å². The number of nitrogens with zero attached hydrogens (tertiary/aromatic N) is 2. The van der Waals surface area contributed by atoms with Crippen LogP contribution in [-0.4, -0.2) is 29.1 Å². The van der Waals surface area contributed by atoms with Crippen molar-refractivity contribution in [3.63, 3.8) is 0 Å². The first kappa shape index (κ1) is 21.4. The molecular weight excluding hydrogens is 400 g/mol. The lowest BCUT2D eigenvalue weighted by molar-refractivity contribution is -0.121. The molecule has 30 heavy (non-hydrogen) atoms. The van der Waals surface area contributed by atoms with Crippen LogP contribution in [0.2, 0.25) is 0 Å². The number of methoxy groups -OCH3 is 1. The molecule has 0 bridgehead atoms. The summed E-state index contributed by atoms with van der Waals surface area (Å²) in [5.41, 5.74) is 2.92. The SMILES string of the molecule is COc1ccc(NC(=O)c2nnc(CCCC(=O)NCc3ccc(C)cc3)s2)cc1. The van der Waals surface area contributed by atoms with Gasteiger partial charge in [0.25, 0.3) is 5.91 Å². The van der Waals surface area contributed by atoms with Gasteiger partial charge in [0, 0.05) is 25.1 Å². The van der Waals surface area contributed by atoms with Gasteiger partial charge in [-0.05, 0) is 43.2 Å². The van der Waals surface area contributed by atoms with E-state index in [1.807, 2.05) is 31.2 Å². The number of amides is 2. The van der Waals surface area contributed by atoms with Crippen LogP contribution >= 0.6 is 11.3 Å². The third-order valence-electron chi connectivity index (χ3n) is 4.41. The van der Waals surface area contributed by atoms with E-state index in [9.17, 15) is 9.59 Å². The van der Waals surface area contributed by atoms with Crippen molar-refractivity contribution in [2.75, 3.05) is 12.4 Å². The third-order valence-corrected chi connectivity index (χ3v) is 5.40. The van der Waals surface area contributed by atoms with Crippen LogP contribution in [0.15, 0.2) is 48.5 Å². The minimum absolute atomic E-state index is 0.00226. The van der Waals surface area contributed by atoms with Crippen molar-refractivity contribution in [3.05, 3.63) is 69.7 Å². The number of aryl methyl sites for hydroxylation is 2. The van der Waals surface area contributed by atoms with E-state index in [4.69, 9.17) is 4.74 Å². The second-order valence-electron chi connectivity index (χ2n) is 6.80. The van der Waals surface area contributed by atoms with E-state index < -0.39 is 0 Å². The first-order chi connectivity index (χ1) is 14.5. The van der Waals surface area contributed by atoms with Gasteiger partial charge in [-0.2, -0.15) is 0 Å². The molecule has 156 valence electrons. The Kier molecular flexibility index (Phi) is 7.51. The maximum absolute atomic E-state index is 12.3. The fourth-order valence-corrected chi connectivity index (χ4v) is 3.48. The topological polar surface area (TPSA) is 93.2 Å². The lowest BCUT2D eigenvalue weighted by Crippen LogP contribution is -2.22. The van der Waals surface area contributed by atoms with Crippen LogP contribution in [-0.2, 0) is 17.8 Å². The number of aromatic nitrogens is 2. The molecule has 0 radical (unpaired) electrons. The number of hydrogen-bond acceptors (Lipinski definition) is 6. The van der Waals surface area contributed by atoms with Gasteiger partial charge in [0.15, 0.2) is 0 Å². The van der Waals surface area contributed by atoms with Crippen LogP contribution < -0.4 is 15.4 Å². The minimum atomic E-state index is -0.306. The summed E-state index contributed by atoms with van der Waals surface area (Å²) in [6.45, 7) is 2.55. The van der Waals surface area contributed by atoms with E-state index in [2.05, 4.69) is 20.8 Å². The minimum Gasteiger partial charge on any atom is -0.497 e. The molecule has 2 aromatic carbocycles. The molecule has 3 rings (SSSR count). The molecule has 2 amide bonds. The highest BCUT2D eigenvalue weighted by Gasteiger charge is 2.13. The van der Waals surface area contributed by atoms with Gasteiger partial charge >= 0.3 is 0 Å². The van der Waals surface area contributed by atoms with E-state index in [1.165, 1.54) is 16.9 Å². The summed E-state index contributed by atoms with van der Waals surface area (Å²) >= 11 is 1.24. The smallest absolute Gasteiger partial charge is 0.286 e. The molecule has 0 spiro atoms. The normalized spacial score (nSPS) is 10.5. The van der Waals surface area contributed by atoms with Crippen molar-refractivity contribution in [3.8, 4) is 5.75 Å². The molecule has 8 heteroatoms. The number of carbonyl (C=O) groups is 2. The Balaban J connectivity index is 1.40. The predicted octanol–water partition coefficient (Wildman–Crippen LogP) is 3.75. The molecular formula is C22H24N4O3S. The van der Waals surface area contributed by atoms with E-state index in [0.29, 0.717) is 42.3 Å². The lowest BCUT2D eigenvalue weighted by atomic mass is 10.1. The summed E-state index contributed by atoms with van der Waals surface area (Å²) in [6.07, 6.45) is 1.65. The number of ether oxygens (including phenoxy) is 1. The van der Waals surface area contributed by atoms with Crippen LogP contribution in [0.25, 0.3) is 0 Å². The molecule has 0 aliphatic carbocycles. The van der Waals surface area contributed by atoms with E-state index in [-0.39, 0.29) is 11.8 Å². The molecule has 0 fully saturated rings. The first-order valence-electron chi connectivity index (χ1n) is 9.63. The molecule has 7 nitrogen and oxygen atoms in total. The van der Waals surface area contributed by atoms with E-state index >= 15 is 0 Å². The highest BCUT2D eigenvalue weighted by atomic mass is 32.1. The number of carbonyl (C=O) groups excluding carboxylic acids is 2. The molecule has 0 aliphatic rings. The number of benzene rings is 2. The maximum atomic E-state index is 12.3. The molecule has 2 N–H and O–H groups in total. The Morgan fingerprint density at radius 1 is 1.03 bits per heavy atom. The summed E-state index contributed by atoms with van der Waals surface area (Å²) in [5, 5.41) is 14.8. The Morgan fingerprint density at radius 2 is 1.77 bits per heavy atom. The summed E-state index contributed by atoms with van der Waals surface area (Å²) in [6, 6.07) is 15.1. The monoisotopic (exact) mass is 424 g/mol. The fraction of sp³-hybridized carbons (Fsp3) is 0.273. The largest absolute Gasteiger partial charge is 0.497 e. The van der Waals surface area contributed by atoms with Gasteiger partial charge in [-0.3, -0.25) is 9.59 Å². The van der Waals surface area contributed by atoms with Gasteiger partial charge in [-0.15, -0.1) is 10.2 Å². The third kappa shape index (κ3) is 6.38. The summed E-state index contributed by atoms with van der Waals surface area (Å²) in [4.78, 5) is 24.3. The van der Waals surface area contributed by atoms with Crippen molar-refractivity contribution < 1.29 is 14.3 Å². The van der Waals surface area contributed by atoms with Crippen molar-refractivity contribution >= 4 is 28.8 Å². The van der Waals surface area contributed by atoms with Crippen LogP contribution in [0.3, 0.4) is 0 Å². The molecule has 0 saturated heterocycles.